The van der Waals surface area contributed by atoms with Crippen molar-refractivity contribution >= 4 is 22.0 Å². The Balaban J connectivity index is 1.62. The molecule has 3 N–H and O–H groups in total. The zero-order valence-electron chi connectivity index (χ0n) is 16.8. The number of hydrogen-bond donors (Lipinski definition) is 3. The molecule has 1 aliphatic heterocycles. The number of carbonyl (C=O) groups excluding carboxylic acids is 2. The molecule has 1 unspecified atom stereocenters. The van der Waals surface area contributed by atoms with Gasteiger partial charge in [0.1, 0.15) is 5.54 Å². The molecule has 8 nitrogen and oxygen atoms in total. The van der Waals surface area contributed by atoms with Crippen molar-refractivity contribution in [1.29, 1.82) is 0 Å². The summed E-state index contributed by atoms with van der Waals surface area (Å²) in [4.78, 5) is 27.6. The van der Waals surface area contributed by atoms with Gasteiger partial charge in [-0.3, -0.25) is 4.79 Å². The normalized spacial score (nSPS) is 21.6. The molecule has 2 fully saturated rings. The molecule has 0 spiro atoms. The highest BCUT2D eigenvalue weighted by molar-refractivity contribution is 7.88. The van der Waals surface area contributed by atoms with Gasteiger partial charge in [0.05, 0.1) is 6.26 Å². The number of nitrogens with zero attached hydrogens (tertiary/aromatic N) is 1. The summed E-state index contributed by atoms with van der Waals surface area (Å²) >= 11 is 0. The second kappa shape index (κ2) is 9.13. The van der Waals surface area contributed by atoms with E-state index in [1.165, 1.54) is 0 Å². The zero-order valence-corrected chi connectivity index (χ0v) is 17.6. The molecule has 3 amide bonds. The number of carbonyl (C=O) groups is 2. The lowest BCUT2D eigenvalue weighted by Gasteiger charge is -2.39. The molecule has 3 rings (SSSR count). The van der Waals surface area contributed by atoms with E-state index in [9.17, 15) is 18.0 Å². The van der Waals surface area contributed by atoms with Crippen LogP contribution in [-0.2, 0) is 21.4 Å². The molecule has 1 aliphatic carbocycles. The summed E-state index contributed by atoms with van der Waals surface area (Å²) in [5, 5.41) is 5.78. The standard InChI is InChI=1S/C20H30N4O4S/c1-29(27,28)23-17-10-7-13-24(15-17)18(25)20(11-5-6-12-20)22-19(26)21-14-16-8-3-2-4-9-16/h2-4,8-9,17,23H,5-7,10-15H2,1H3,(H2,21,22,26). The Bertz CT molecular complexity index is 822. The monoisotopic (exact) mass is 422 g/mol. The van der Waals surface area contributed by atoms with Gasteiger partial charge >= 0.3 is 6.03 Å². The van der Waals surface area contributed by atoms with Gasteiger partial charge in [-0.25, -0.2) is 17.9 Å². The van der Waals surface area contributed by atoms with Crippen molar-refractivity contribution in [3.05, 3.63) is 35.9 Å². The summed E-state index contributed by atoms with van der Waals surface area (Å²) < 4.78 is 25.7. The maximum absolute atomic E-state index is 13.3. The molecule has 160 valence electrons. The molecule has 1 heterocycles. The molecule has 0 bridgehead atoms. The number of benzene rings is 1. The first-order valence-corrected chi connectivity index (χ1v) is 12.0. The number of hydrogen-bond acceptors (Lipinski definition) is 4. The Kier molecular flexibility index (Phi) is 6.79. The molecule has 0 aromatic heterocycles. The Morgan fingerprint density at radius 2 is 1.83 bits per heavy atom. The molecule has 2 aliphatic rings. The lowest BCUT2D eigenvalue weighted by molar-refractivity contribution is -0.139. The Hall–Kier alpha value is -2.13. The fourth-order valence-corrected chi connectivity index (χ4v) is 5.07. The molecule has 1 aromatic carbocycles. The van der Waals surface area contributed by atoms with Gasteiger partial charge in [0.15, 0.2) is 0 Å². The SMILES string of the molecule is CS(=O)(=O)NC1CCCN(C(=O)C2(NC(=O)NCc3ccccc3)CCCC2)C1. The summed E-state index contributed by atoms with van der Waals surface area (Å²) in [6.07, 6.45) is 5.53. The van der Waals surface area contributed by atoms with Crippen molar-refractivity contribution in [2.75, 3.05) is 19.3 Å². The highest BCUT2D eigenvalue weighted by Gasteiger charge is 2.45. The molecule has 1 saturated heterocycles. The van der Waals surface area contributed by atoms with E-state index in [-0.39, 0.29) is 18.0 Å². The summed E-state index contributed by atoms with van der Waals surface area (Å²) in [5.74, 6) is -0.107. The highest BCUT2D eigenvalue weighted by Crippen LogP contribution is 2.32. The van der Waals surface area contributed by atoms with Crippen molar-refractivity contribution in [3.8, 4) is 0 Å². The number of sulfonamides is 1. The average Bonchev–Trinajstić information content (AvgIpc) is 3.15. The van der Waals surface area contributed by atoms with Crippen molar-refractivity contribution in [3.63, 3.8) is 0 Å². The van der Waals surface area contributed by atoms with Crippen LogP contribution in [0.3, 0.4) is 0 Å². The van der Waals surface area contributed by atoms with Crippen LogP contribution in [0, 0.1) is 0 Å². The van der Waals surface area contributed by atoms with E-state index in [2.05, 4.69) is 15.4 Å². The van der Waals surface area contributed by atoms with Crippen LogP contribution in [0.1, 0.15) is 44.1 Å². The molecule has 29 heavy (non-hydrogen) atoms. The molecular formula is C20H30N4O4S. The smallest absolute Gasteiger partial charge is 0.315 e. The average molecular weight is 423 g/mol. The second-order valence-corrected chi connectivity index (χ2v) is 9.84. The minimum atomic E-state index is -3.33. The third-order valence-electron chi connectivity index (χ3n) is 5.60. The van der Waals surface area contributed by atoms with Crippen LogP contribution in [0.5, 0.6) is 0 Å². The van der Waals surface area contributed by atoms with Crippen LogP contribution >= 0.6 is 0 Å². The first-order chi connectivity index (χ1) is 13.8. The number of rotatable bonds is 6. The number of amides is 3. The summed E-state index contributed by atoms with van der Waals surface area (Å²) in [6, 6.07) is 8.96. The summed E-state index contributed by atoms with van der Waals surface area (Å²) in [7, 11) is -3.33. The summed E-state index contributed by atoms with van der Waals surface area (Å²) in [5.41, 5.74) is 0.0773. The predicted molar refractivity (Wildman–Crippen MR) is 111 cm³/mol. The van der Waals surface area contributed by atoms with E-state index >= 15 is 0 Å². The van der Waals surface area contributed by atoms with Gasteiger partial charge in [0, 0.05) is 25.7 Å². The Labute approximate surface area is 172 Å². The van der Waals surface area contributed by atoms with Gasteiger partial charge in [-0.1, -0.05) is 43.2 Å². The first kappa shape index (κ1) is 21.6. The third kappa shape index (κ3) is 5.93. The maximum Gasteiger partial charge on any atom is 0.315 e. The van der Waals surface area contributed by atoms with Crippen LogP contribution in [0.2, 0.25) is 0 Å². The van der Waals surface area contributed by atoms with E-state index in [4.69, 9.17) is 0 Å². The Morgan fingerprint density at radius 1 is 1.14 bits per heavy atom. The van der Waals surface area contributed by atoms with Gasteiger partial charge in [-0.2, -0.15) is 0 Å². The number of urea groups is 1. The largest absolute Gasteiger partial charge is 0.339 e. The van der Waals surface area contributed by atoms with Gasteiger partial charge in [-0.05, 0) is 31.2 Å². The fraction of sp³-hybridized carbons (Fsp3) is 0.600. The third-order valence-corrected chi connectivity index (χ3v) is 6.37. The lowest BCUT2D eigenvalue weighted by atomic mass is 9.93. The minimum Gasteiger partial charge on any atom is -0.339 e. The lowest BCUT2D eigenvalue weighted by Crippen LogP contribution is -2.62. The molecular weight excluding hydrogens is 392 g/mol. The molecule has 9 heteroatoms. The van der Waals surface area contributed by atoms with Crippen molar-refractivity contribution in [2.24, 2.45) is 0 Å². The fourth-order valence-electron chi connectivity index (χ4n) is 4.27. The van der Waals surface area contributed by atoms with Crippen LogP contribution in [0.4, 0.5) is 4.79 Å². The quantitative estimate of drug-likeness (QED) is 0.643. The number of piperidine rings is 1. The van der Waals surface area contributed by atoms with Gasteiger partial charge in [0.2, 0.25) is 15.9 Å². The second-order valence-electron chi connectivity index (χ2n) is 8.06. The minimum absolute atomic E-state index is 0.107. The van der Waals surface area contributed by atoms with Crippen LogP contribution < -0.4 is 15.4 Å². The van der Waals surface area contributed by atoms with Crippen molar-refractivity contribution in [2.45, 2.75) is 56.7 Å². The molecule has 1 atom stereocenters. The van der Waals surface area contributed by atoms with Crippen molar-refractivity contribution in [1.82, 2.24) is 20.3 Å². The van der Waals surface area contributed by atoms with Crippen molar-refractivity contribution < 1.29 is 18.0 Å². The first-order valence-electron chi connectivity index (χ1n) is 10.1. The van der Waals surface area contributed by atoms with Gasteiger partial charge in [0.25, 0.3) is 0 Å². The van der Waals surface area contributed by atoms with E-state index in [1.54, 1.807) is 4.90 Å². The van der Waals surface area contributed by atoms with Gasteiger partial charge in [-0.15, -0.1) is 0 Å². The van der Waals surface area contributed by atoms with Crippen LogP contribution in [0.25, 0.3) is 0 Å². The molecule has 1 aromatic rings. The van der Waals surface area contributed by atoms with E-state index < -0.39 is 15.6 Å². The maximum atomic E-state index is 13.3. The zero-order chi connectivity index (χ0) is 20.9. The van der Waals surface area contributed by atoms with E-state index in [1.807, 2.05) is 30.3 Å². The molecule has 0 radical (unpaired) electrons. The van der Waals surface area contributed by atoms with Crippen LogP contribution in [-0.4, -0.2) is 56.2 Å². The highest BCUT2D eigenvalue weighted by atomic mass is 32.2. The molecule has 1 saturated carbocycles. The Morgan fingerprint density at radius 3 is 2.48 bits per heavy atom. The topological polar surface area (TPSA) is 108 Å². The van der Waals surface area contributed by atoms with Crippen LogP contribution in [0.15, 0.2) is 30.3 Å². The number of nitrogens with one attached hydrogen (secondary N) is 3. The van der Waals surface area contributed by atoms with E-state index in [0.29, 0.717) is 38.9 Å². The predicted octanol–water partition coefficient (Wildman–Crippen LogP) is 1.34. The van der Waals surface area contributed by atoms with E-state index in [0.717, 1.165) is 31.1 Å². The van der Waals surface area contributed by atoms with Gasteiger partial charge < -0.3 is 15.5 Å². The summed E-state index contributed by atoms with van der Waals surface area (Å²) in [6.45, 7) is 1.30. The number of likely N-dealkylation sites (tertiary alicyclic amines) is 1.